The van der Waals surface area contributed by atoms with Crippen LogP contribution in [0.15, 0.2) is 34.8 Å². The van der Waals surface area contributed by atoms with Gasteiger partial charge in [0.2, 0.25) is 0 Å². The maximum Gasteiger partial charge on any atom is 0.306 e. The molecule has 4 atom stereocenters. The average Bonchev–Trinajstić information content (AvgIpc) is 3.17. The van der Waals surface area contributed by atoms with E-state index < -0.39 is 23.5 Å². The zero-order chi connectivity index (χ0) is 24.8. The van der Waals surface area contributed by atoms with Crippen LogP contribution in [0.5, 0.6) is 0 Å². The van der Waals surface area contributed by atoms with Crippen molar-refractivity contribution in [2.45, 2.75) is 86.4 Å². The summed E-state index contributed by atoms with van der Waals surface area (Å²) < 4.78 is 5.87. The first-order valence-corrected chi connectivity index (χ1v) is 12.6. The fourth-order valence-electron chi connectivity index (χ4n) is 4.09. The number of nitrogens with zero attached hydrogens (tertiary/aromatic N) is 1. The number of aliphatic hydroxyl groups excluding tert-OH is 1. The number of aliphatic hydroxyl groups is 1. The number of ketones is 1. The van der Waals surface area contributed by atoms with Gasteiger partial charge in [-0.1, -0.05) is 51.5 Å². The van der Waals surface area contributed by atoms with Gasteiger partial charge in [0.15, 0.2) is 0 Å². The molecule has 0 spiro atoms. The Hall–Kier alpha value is -2.05. The number of aromatic nitrogens is 1. The second-order valence-corrected chi connectivity index (χ2v) is 11.0. The largest absolute Gasteiger partial charge is 0.457 e. The van der Waals surface area contributed by atoms with Gasteiger partial charge in [0.1, 0.15) is 11.9 Å². The SMILES string of the molecule is CC1=C/C[C@@H](/C(C)=C/c2csc(C)n2)OC(=O)CCC(C)(C)C(=O)[C@H](C)[C@@H](O)[C@@H](C)C\C=C\1. The van der Waals surface area contributed by atoms with Crippen LogP contribution in [0.3, 0.4) is 0 Å². The van der Waals surface area contributed by atoms with Crippen molar-refractivity contribution in [2.75, 3.05) is 0 Å². The Morgan fingerprint density at radius 2 is 1.94 bits per heavy atom. The van der Waals surface area contributed by atoms with Crippen molar-refractivity contribution in [2.24, 2.45) is 17.3 Å². The average molecular weight is 474 g/mol. The summed E-state index contributed by atoms with van der Waals surface area (Å²) in [6.45, 7) is 13.4. The lowest BCUT2D eigenvalue weighted by atomic mass is 9.74. The quantitative estimate of drug-likeness (QED) is 0.528. The molecule has 0 aliphatic carbocycles. The highest BCUT2D eigenvalue weighted by Gasteiger charge is 2.36. The van der Waals surface area contributed by atoms with Gasteiger partial charge in [0.25, 0.3) is 0 Å². The third-order valence-corrected chi connectivity index (χ3v) is 7.26. The zero-order valence-corrected chi connectivity index (χ0v) is 21.9. The Morgan fingerprint density at radius 1 is 1.24 bits per heavy atom. The highest BCUT2D eigenvalue weighted by Crippen LogP contribution is 2.31. The van der Waals surface area contributed by atoms with Crippen molar-refractivity contribution >= 4 is 29.2 Å². The number of carbonyl (C=O) groups is 2. The summed E-state index contributed by atoms with van der Waals surface area (Å²) in [5.41, 5.74) is 2.14. The predicted molar refractivity (Wildman–Crippen MR) is 135 cm³/mol. The van der Waals surface area contributed by atoms with E-state index in [1.807, 2.05) is 65.2 Å². The van der Waals surface area contributed by atoms with Crippen LogP contribution in [-0.4, -0.2) is 34.1 Å². The van der Waals surface area contributed by atoms with Crippen LogP contribution in [0, 0.1) is 24.2 Å². The van der Waals surface area contributed by atoms with Crippen molar-refractivity contribution in [3.63, 3.8) is 0 Å². The lowest BCUT2D eigenvalue weighted by molar-refractivity contribution is -0.148. The fourth-order valence-corrected chi connectivity index (χ4v) is 4.66. The smallest absolute Gasteiger partial charge is 0.306 e. The highest BCUT2D eigenvalue weighted by atomic mass is 32.1. The molecule has 1 aromatic rings. The first-order chi connectivity index (χ1) is 15.4. The Bertz CT molecular complexity index is 924. The van der Waals surface area contributed by atoms with E-state index in [-0.39, 0.29) is 24.1 Å². The predicted octanol–water partition coefficient (Wildman–Crippen LogP) is 6.07. The van der Waals surface area contributed by atoms with Crippen molar-refractivity contribution in [3.05, 3.63) is 45.5 Å². The van der Waals surface area contributed by atoms with Crippen molar-refractivity contribution in [1.82, 2.24) is 4.98 Å². The molecule has 6 heteroatoms. The summed E-state index contributed by atoms with van der Waals surface area (Å²) in [5.74, 6) is -0.878. The van der Waals surface area contributed by atoms with E-state index in [0.29, 0.717) is 19.3 Å². The molecule has 5 nitrogen and oxygen atoms in total. The number of esters is 1. The van der Waals surface area contributed by atoms with Crippen LogP contribution in [0.4, 0.5) is 0 Å². The molecule has 1 aromatic heterocycles. The molecule has 0 aromatic carbocycles. The minimum absolute atomic E-state index is 0.0201. The van der Waals surface area contributed by atoms with Crippen LogP contribution in [0.25, 0.3) is 6.08 Å². The molecule has 0 bridgehead atoms. The van der Waals surface area contributed by atoms with Gasteiger partial charge in [-0.2, -0.15) is 0 Å². The molecule has 182 valence electrons. The van der Waals surface area contributed by atoms with Crippen LogP contribution in [-0.2, 0) is 14.3 Å². The first-order valence-electron chi connectivity index (χ1n) is 11.8. The molecular weight excluding hydrogens is 434 g/mol. The van der Waals surface area contributed by atoms with Crippen LogP contribution in [0.1, 0.15) is 77.9 Å². The number of Topliss-reactive ketones (excluding diaryl/α,β-unsaturated/α-hetero) is 1. The van der Waals surface area contributed by atoms with Crippen molar-refractivity contribution < 1.29 is 19.4 Å². The van der Waals surface area contributed by atoms with E-state index in [9.17, 15) is 14.7 Å². The van der Waals surface area contributed by atoms with E-state index in [2.05, 4.69) is 11.1 Å². The van der Waals surface area contributed by atoms with Gasteiger partial charge in [-0.25, -0.2) is 4.98 Å². The van der Waals surface area contributed by atoms with Crippen molar-refractivity contribution in [1.29, 1.82) is 0 Å². The topological polar surface area (TPSA) is 76.5 Å². The second kappa shape index (κ2) is 11.9. The molecule has 1 aliphatic heterocycles. The fraction of sp³-hybridized carbons (Fsp3) is 0.593. The molecule has 0 radical (unpaired) electrons. The summed E-state index contributed by atoms with van der Waals surface area (Å²) in [5, 5.41) is 13.7. The van der Waals surface area contributed by atoms with E-state index >= 15 is 0 Å². The van der Waals surface area contributed by atoms with E-state index in [0.717, 1.165) is 21.8 Å². The van der Waals surface area contributed by atoms with Gasteiger partial charge in [-0.3, -0.25) is 9.59 Å². The van der Waals surface area contributed by atoms with Gasteiger partial charge in [0, 0.05) is 29.6 Å². The molecule has 0 unspecified atom stereocenters. The number of cyclic esters (lactones) is 1. The summed E-state index contributed by atoms with van der Waals surface area (Å²) in [6.07, 6.45) is 8.76. The number of carbonyl (C=O) groups excluding carboxylic acids is 2. The summed E-state index contributed by atoms with van der Waals surface area (Å²) in [6, 6.07) is 0. The minimum Gasteiger partial charge on any atom is -0.457 e. The maximum atomic E-state index is 13.1. The Morgan fingerprint density at radius 3 is 2.58 bits per heavy atom. The van der Waals surface area contributed by atoms with Gasteiger partial charge >= 0.3 is 5.97 Å². The number of thiazole rings is 1. The number of allylic oxidation sites excluding steroid dienone is 3. The highest BCUT2D eigenvalue weighted by molar-refractivity contribution is 7.09. The standard InChI is InChI=1S/C27H39NO4S/c1-17-9-8-10-18(2)25(30)20(4)26(31)27(6,7)14-13-24(29)32-23(12-11-17)19(3)15-22-16-33-21(5)28-22/h8-9,11,15-16,18,20,23,25,30H,10,12-14H2,1-7H3/b9-8+,17-11-,19-15+/t18-,20+,23-,25-/m0/s1. The molecule has 0 saturated heterocycles. The number of ether oxygens (including phenoxy) is 1. The van der Waals surface area contributed by atoms with Crippen molar-refractivity contribution in [3.8, 4) is 0 Å². The Kier molecular flexibility index (Phi) is 9.80. The van der Waals surface area contributed by atoms with Gasteiger partial charge in [-0.05, 0) is 51.2 Å². The monoisotopic (exact) mass is 473 g/mol. The summed E-state index contributed by atoms with van der Waals surface area (Å²) >= 11 is 1.59. The van der Waals surface area contributed by atoms with Gasteiger partial charge in [-0.15, -0.1) is 11.3 Å². The third-order valence-electron chi connectivity index (χ3n) is 6.47. The van der Waals surface area contributed by atoms with Gasteiger partial charge < -0.3 is 9.84 Å². The van der Waals surface area contributed by atoms with E-state index in [1.165, 1.54) is 0 Å². The van der Waals surface area contributed by atoms with E-state index in [1.54, 1.807) is 18.3 Å². The first kappa shape index (κ1) is 27.2. The lowest BCUT2D eigenvalue weighted by Crippen LogP contribution is -2.39. The maximum absolute atomic E-state index is 13.1. The molecule has 0 amide bonds. The molecular formula is C27H39NO4S. The molecule has 2 rings (SSSR count). The number of aryl methyl sites for hydroxylation is 1. The number of rotatable bonds is 2. The Balaban J connectivity index is 2.32. The summed E-state index contributed by atoms with van der Waals surface area (Å²) in [4.78, 5) is 30.3. The normalized spacial score (nSPS) is 30.9. The van der Waals surface area contributed by atoms with Crippen LogP contribution < -0.4 is 0 Å². The number of hydrogen-bond acceptors (Lipinski definition) is 6. The van der Waals surface area contributed by atoms with Gasteiger partial charge in [0.05, 0.1) is 16.8 Å². The molecule has 0 saturated carbocycles. The number of hydrogen-bond donors (Lipinski definition) is 1. The molecule has 0 fully saturated rings. The third kappa shape index (κ3) is 8.04. The molecule has 33 heavy (non-hydrogen) atoms. The summed E-state index contributed by atoms with van der Waals surface area (Å²) in [7, 11) is 0. The minimum atomic E-state index is -0.725. The van der Waals surface area contributed by atoms with E-state index in [4.69, 9.17) is 4.74 Å². The van der Waals surface area contributed by atoms with Crippen LogP contribution >= 0.6 is 11.3 Å². The molecule has 1 N–H and O–H groups in total. The van der Waals surface area contributed by atoms with Crippen LogP contribution in [0.2, 0.25) is 0 Å². The molecule has 2 heterocycles. The Labute approximate surface area is 202 Å². The second-order valence-electron chi connectivity index (χ2n) is 9.98. The molecule has 1 aliphatic rings. The zero-order valence-electron chi connectivity index (χ0n) is 21.1. The lowest BCUT2D eigenvalue weighted by Gasteiger charge is -2.31.